The highest BCUT2D eigenvalue weighted by Gasteiger charge is 2.12. The van der Waals surface area contributed by atoms with Gasteiger partial charge in [0, 0.05) is 24.1 Å². The van der Waals surface area contributed by atoms with Crippen LogP contribution in [0, 0.1) is 13.8 Å². The number of nitrogens with one attached hydrogen (secondary N) is 1. The first-order chi connectivity index (χ1) is 10.0. The number of pyridine rings is 1. The second-order valence-corrected chi connectivity index (χ2v) is 5.16. The van der Waals surface area contributed by atoms with Crippen molar-refractivity contribution in [3.63, 3.8) is 0 Å². The molecule has 0 spiro atoms. The van der Waals surface area contributed by atoms with Crippen LogP contribution in [0.3, 0.4) is 0 Å². The molecule has 0 aliphatic rings. The molecule has 0 aliphatic heterocycles. The van der Waals surface area contributed by atoms with E-state index in [0.717, 1.165) is 33.9 Å². The van der Waals surface area contributed by atoms with Gasteiger partial charge in [-0.3, -0.25) is 9.48 Å². The number of nitrogens with zero attached hydrogens (tertiary/aromatic N) is 2. The lowest BCUT2D eigenvalue weighted by molar-refractivity contribution is 0.412. The maximum atomic E-state index is 12.4. The lowest BCUT2D eigenvalue weighted by atomic mass is 10.1. The third-order valence-electron chi connectivity index (χ3n) is 3.71. The van der Waals surface area contributed by atoms with Crippen molar-refractivity contribution >= 4 is 10.9 Å². The molecule has 1 aromatic carbocycles. The molecule has 3 aromatic rings. The molecule has 0 aliphatic carbocycles. The van der Waals surface area contributed by atoms with E-state index in [1.54, 1.807) is 23.9 Å². The van der Waals surface area contributed by atoms with Crippen molar-refractivity contribution in [3.8, 4) is 17.1 Å². The van der Waals surface area contributed by atoms with Gasteiger partial charge in [-0.15, -0.1) is 0 Å². The summed E-state index contributed by atoms with van der Waals surface area (Å²) in [5.74, 6) is 0.761. The molecule has 0 saturated heterocycles. The Labute approximate surface area is 122 Å². The van der Waals surface area contributed by atoms with Crippen LogP contribution in [0.4, 0.5) is 0 Å². The van der Waals surface area contributed by atoms with Gasteiger partial charge >= 0.3 is 0 Å². The molecule has 21 heavy (non-hydrogen) atoms. The number of aromatic amines is 1. The quantitative estimate of drug-likeness (QED) is 0.786. The van der Waals surface area contributed by atoms with Crippen molar-refractivity contribution in [1.29, 1.82) is 0 Å². The predicted molar refractivity (Wildman–Crippen MR) is 82.8 cm³/mol. The Bertz CT molecular complexity index is 890. The first-order valence-corrected chi connectivity index (χ1v) is 6.73. The molecule has 2 aromatic heterocycles. The standard InChI is InChI=1S/C16H17N3O2/c1-9-7-13(19(3)18-9)12-8-14(20)11-5-6-15(21-4)10(2)16(11)17-12/h5-8H,1-4H3,(H,17,20). The van der Waals surface area contributed by atoms with Crippen LogP contribution in [0.25, 0.3) is 22.3 Å². The van der Waals surface area contributed by atoms with Gasteiger partial charge in [0.25, 0.3) is 0 Å². The molecule has 0 atom stereocenters. The van der Waals surface area contributed by atoms with Gasteiger partial charge in [0.05, 0.1) is 29.7 Å². The number of aromatic nitrogens is 3. The van der Waals surface area contributed by atoms with E-state index in [-0.39, 0.29) is 5.43 Å². The fourth-order valence-electron chi connectivity index (χ4n) is 2.66. The van der Waals surface area contributed by atoms with Crippen LogP contribution in [0.2, 0.25) is 0 Å². The SMILES string of the molecule is COc1ccc2c(=O)cc(-c3cc(C)nn3C)[nH]c2c1C. The minimum Gasteiger partial charge on any atom is -0.496 e. The molecule has 5 nitrogen and oxygen atoms in total. The Balaban J connectivity index is 2.34. The monoisotopic (exact) mass is 283 g/mol. The van der Waals surface area contributed by atoms with Gasteiger partial charge in [-0.1, -0.05) is 0 Å². The Kier molecular flexibility index (Phi) is 3.05. The lowest BCUT2D eigenvalue weighted by Crippen LogP contribution is -2.06. The van der Waals surface area contributed by atoms with E-state index in [1.807, 2.05) is 33.0 Å². The minimum absolute atomic E-state index is 0.0108. The van der Waals surface area contributed by atoms with Crippen molar-refractivity contribution < 1.29 is 4.74 Å². The number of fused-ring (bicyclic) bond motifs is 1. The van der Waals surface area contributed by atoms with Crippen LogP contribution in [-0.4, -0.2) is 21.9 Å². The van der Waals surface area contributed by atoms with Crippen LogP contribution >= 0.6 is 0 Å². The molecular weight excluding hydrogens is 266 g/mol. The van der Waals surface area contributed by atoms with Crippen molar-refractivity contribution in [3.05, 3.63) is 45.7 Å². The van der Waals surface area contributed by atoms with Gasteiger partial charge in [-0.25, -0.2) is 0 Å². The first-order valence-electron chi connectivity index (χ1n) is 6.73. The van der Waals surface area contributed by atoms with E-state index in [9.17, 15) is 4.79 Å². The topological polar surface area (TPSA) is 59.9 Å². The molecule has 5 heteroatoms. The maximum absolute atomic E-state index is 12.4. The van der Waals surface area contributed by atoms with Gasteiger partial charge in [-0.2, -0.15) is 5.10 Å². The summed E-state index contributed by atoms with van der Waals surface area (Å²) >= 11 is 0. The second-order valence-electron chi connectivity index (χ2n) is 5.16. The summed E-state index contributed by atoms with van der Waals surface area (Å²) in [6.45, 7) is 3.87. The maximum Gasteiger partial charge on any atom is 0.190 e. The molecule has 0 unspecified atom stereocenters. The Hall–Kier alpha value is -2.56. The average molecular weight is 283 g/mol. The van der Waals surface area contributed by atoms with E-state index in [2.05, 4.69) is 10.1 Å². The number of hydrogen-bond donors (Lipinski definition) is 1. The van der Waals surface area contributed by atoms with Crippen LogP contribution in [0.1, 0.15) is 11.3 Å². The van der Waals surface area contributed by atoms with Gasteiger partial charge in [0.1, 0.15) is 5.75 Å². The first kappa shape index (κ1) is 13.4. The number of benzene rings is 1. The number of H-pyrrole nitrogens is 1. The summed E-state index contributed by atoms with van der Waals surface area (Å²) in [4.78, 5) is 15.7. The third kappa shape index (κ3) is 2.11. The lowest BCUT2D eigenvalue weighted by Gasteiger charge is -2.10. The van der Waals surface area contributed by atoms with Crippen molar-refractivity contribution in [2.45, 2.75) is 13.8 Å². The number of rotatable bonds is 2. The summed E-state index contributed by atoms with van der Waals surface area (Å²) < 4.78 is 7.09. The van der Waals surface area contributed by atoms with E-state index in [4.69, 9.17) is 4.74 Å². The molecule has 0 amide bonds. The molecule has 1 N–H and O–H groups in total. The Morgan fingerprint density at radius 3 is 2.62 bits per heavy atom. The van der Waals surface area contributed by atoms with Crippen LogP contribution in [-0.2, 0) is 7.05 Å². The highest BCUT2D eigenvalue weighted by atomic mass is 16.5. The zero-order valence-electron chi connectivity index (χ0n) is 12.5. The van der Waals surface area contributed by atoms with Gasteiger partial charge in [0.15, 0.2) is 5.43 Å². The second kappa shape index (κ2) is 4.77. The fourth-order valence-corrected chi connectivity index (χ4v) is 2.66. The van der Waals surface area contributed by atoms with E-state index < -0.39 is 0 Å². The van der Waals surface area contributed by atoms with Crippen molar-refractivity contribution in [2.75, 3.05) is 7.11 Å². The van der Waals surface area contributed by atoms with E-state index in [0.29, 0.717) is 5.39 Å². The Morgan fingerprint density at radius 1 is 1.24 bits per heavy atom. The molecule has 108 valence electrons. The van der Waals surface area contributed by atoms with Crippen LogP contribution in [0.15, 0.2) is 29.1 Å². The predicted octanol–water partition coefficient (Wildman–Crippen LogP) is 2.55. The fraction of sp³-hybridized carbons (Fsp3) is 0.250. The number of aryl methyl sites for hydroxylation is 3. The Morgan fingerprint density at radius 2 is 2.00 bits per heavy atom. The zero-order chi connectivity index (χ0) is 15.1. The molecule has 0 radical (unpaired) electrons. The molecule has 2 heterocycles. The normalized spacial score (nSPS) is 11.0. The smallest absolute Gasteiger partial charge is 0.190 e. The van der Waals surface area contributed by atoms with Crippen LogP contribution in [0.5, 0.6) is 5.75 Å². The minimum atomic E-state index is -0.0108. The number of ether oxygens (including phenoxy) is 1. The largest absolute Gasteiger partial charge is 0.496 e. The molecule has 0 bridgehead atoms. The van der Waals surface area contributed by atoms with Crippen molar-refractivity contribution in [1.82, 2.24) is 14.8 Å². The highest BCUT2D eigenvalue weighted by molar-refractivity contribution is 5.85. The molecule has 0 fully saturated rings. The number of hydrogen-bond acceptors (Lipinski definition) is 3. The van der Waals surface area contributed by atoms with Crippen molar-refractivity contribution in [2.24, 2.45) is 7.05 Å². The molecule has 0 saturated carbocycles. The van der Waals surface area contributed by atoms with E-state index in [1.165, 1.54) is 0 Å². The summed E-state index contributed by atoms with van der Waals surface area (Å²) in [5.41, 5.74) is 4.27. The average Bonchev–Trinajstić information content (AvgIpc) is 2.78. The van der Waals surface area contributed by atoms with Crippen LogP contribution < -0.4 is 10.2 Å². The summed E-state index contributed by atoms with van der Waals surface area (Å²) in [6, 6.07) is 7.18. The number of methoxy groups -OCH3 is 1. The molecule has 3 rings (SSSR count). The summed E-state index contributed by atoms with van der Waals surface area (Å²) in [5, 5.41) is 4.99. The summed E-state index contributed by atoms with van der Waals surface area (Å²) in [7, 11) is 3.49. The zero-order valence-corrected chi connectivity index (χ0v) is 12.5. The third-order valence-corrected chi connectivity index (χ3v) is 3.71. The molecular formula is C16H17N3O2. The van der Waals surface area contributed by atoms with Gasteiger partial charge in [-0.05, 0) is 32.0 Å². The summed E-state index contributed by atoms with van der Waals surface area (Å²) in [6.07, 6.45) is 0. The van der Waals surface area contributed by atoms with Gasteiger partial charge in [0.2, 0.25) is 0 Å². The van der Waals surface area contributed by atoms with E-state index >= 15 is 0 Å². The highest BCUT2D eigenvalue weighted by Crippen LogP contribution is 2.26. The van der Waals surface area contributed by atoms with Gasteiger partial charge < -0.3 is 9.72 Å².